The fraction of sp³-hybridized carbons (Fsp3) is 0.647. The van der Waals surface area contributed by atoms with Crippen LogP contribution in [0.25, 0.3) is 0 Å². The lowest BCUT2D eigenvalue weighted by atomic mass is 9.98. The van der Waals surface area contributed by atoms with Crippen LogP contribution in [0.3, 0.4) is 0 Å². The van der Waals surface area contributed by atoms with E-state index in [1.807, 2.05) is 6.07 Å². The first-order chi connectivity index (χ1) is 18.7. The molecule has 0 aliphatic carbocycles. The van der Waals surface area contributed by atoms with Gasteiger partial charge in [0.2, 0.25) is 0 Å². The summed E-state index contributed by atoms with van der Waals surface area (Å²) >= 11 is 0. The largest absolute Gasteiger partial charge is 0.493 e. The average molecular weight is 522 g/mol. The van der Waals surface area contributed by atoms with Crippen LogP contribution in [0.4, 0.5) is 5.69 Å². The van der Waals surface area contributed by atoms with Gasteiger partial charge in [-0.25, -0.2) is 0 Å². The van der Waals surface area contributed by atoms with E-state index in [1.54, 1.807) is 0 Å². The van der Waals surface area contributed by atoms with E-state index in [4.69, 9.17) is 19.9 Å². The summed E-state index contributed by atoms with van der Waals surface area (Å²) in [5, 5.41) is 0. The zero-order chi connectivity index (χ0) is 26.6. The number of rotatable bonds is 18. The molecule has 4 nitrogen and oxygen atoms in total. The average Bonchev–Trinajstić information content (AvgIpc) is 3.61. The molecule has 0 aromatic heterocycles. The molecule has 2 aromatic rings. The SMILES string of the molecule is CCCCCCCCCc1ccc(Oc2cc(N)c(CCCCCCCCC)c3c2CCO3)c2c1OCC2. The summed E-state index contributed by atoms with van der Waals surface area (Å²) in [5.74, 6) is 3.81. The van der Waals surface area contributed by atoms with Gasteiger partial charge in [0.05, 0.1) is 13.2 Å². The topological polar surface area (TPSA) is 53.7 Å². The molecule has 2 N–H and O–H groups in total. The van der Waals surface area contributed by atoms with Crippen LogP contribution < -0.4 is 19.9 Å². The minimum atomic E-state index is 0.706. The fourth-order valence-electron chi connectivity index (χ4n) is 6.03. The van der Waals surface area contributed by atoms with Crippen LogP contribution >= 0.6 is 0 Å². The summed E-state index contributed by atoms with van der Waals surface area (Å²) in [6.07, 6.45) is 22.2. The van der Waals surface area contributed by atoms with Gasteiger partial charge in [-0.05, 0) is 37.3 Å². The summed E-state index contributed by atoms with van der Waals surface area (Å²) in [7, 11) is 0. The third-order valence-electron chi connectivity index (χ3n) is 8.28. The molecular formula is C34H51NO3. The summed E-state index contributed by atoms with van der Waals surface area (Å²) < 4.78 is 18.8. The van der Waals surface area contributed by atoms with Crippen LogP contribution in [-0.4, -0.2) is 13.2 Å². The van der Waals surface area contributed by atoms with Crippen molar-refractivity contribution in [3.8, 4) is 23.0 Å². The Bertz CT molecular complexity index is 1020. The minimum absolute atomic E-state index is 0.706. The van der Waals surface area contributed by atoms with E-state index in [1.165, 1.54) is 106 Å². The van der Waals surface area contributed by atoms with E-state index in [0.29, 0.717) is 6.61 Å². The quantitative estimate of drug-likeness (QED) is 0.157. The second-order valence-electron chi connectivity index (χ2n) is 11.3. The highest BCUT2D eigenvalue weighted by Gasteiger charge is 2.26. The van der Waals surface area contributed by atoms with Crippen molar-refractivity contribution in [1.82, 2.24) is 0 Å². The number of hydrogen-bond donors (Lipinski definition) is 1. The van der Waals surface area contributed by atoms with Gasteiger partial charge in [0.15, 0.2) is 0 Å². The molecule has 0 unspecified atom stereocenters. The molecule has 0 bridgehead atoms. The van der Waals surface area contributed by atoms with Crippen LogP contribution in [0.1, 0.15) is 126 Å². The molecule has 4 heteroatoms. The number of benzene rings is 2. The number of ether oxygens (including phenoxy) is 3. The molecule has 2 aliphatic heterocycles. The Morgan fingerprint density at radius 1 is 0.658 bits per heavy atom. The van der Waals surface area contributed by atoms with Gasteiger partial charge in [-0.2, -0.15) is 0 Å². The smallest absolute Gasteiger partial charge is 0.136 e. The van der Waals surface area contributed by atoms with Crippen molar-refractivity contribution in [3.63, 3.8) is 0 Å². The standard InChI is InChI=1S/C34H51NO3/c1-3-5-7-9-11-13-15-17-26-19-20-31(28-21-23-36-33(26)28)38-32-25-30(35)27(34-29(32)22-24-37-34)18-16-14-12-10-8-6-4-2/h19-20,25H,3-18,21-24,35H2,1-2H3. The van der Waals surface area contributed by atoms with Crippen molar-refractivity contribution < 1.29 is 14.2 Å². The third kappa shape index (κ3) is 7.61. The summed E-state index contributed by atoms with van der Waals surface area (Å²) in [6, 6.07) is 6.40. The number of aryl methyl sites for hydroxylation is 1. The Kier molecular flexibility index (Phi) is 11.5. The van der Waals surface area contributed by atoms with Crippen molar-refractivity contribution in [1.29, 1.82) is 0 Å². The molecule has 0 fully saturated rings. The van der Waals surface area contributed by atoms with Crippen LogP contribution in [0.2, 0.25) is 0 Å². The van der Waals surface area contributed by atoms with Crippen molar-refractivity contribution in [2.24, 2.45) is 0 Å². The van der Waals surface area contributed by atoms with Crippen molar-refractivity contribution in [3.05, 3.63) is 40.5 Å². The van der Waals surface area contributed by atoms with E-state index in [2.05, 4.69) is 26.0 Å². The van der Waals surface area contributed by atoms with E-state index in [-0.39, 0.29) is 0 Å². The first-order valence-corrected chi connectivity index (χ1v) is 15.7. The maximum atomic E-state index is 6.59. The predicted octanol–water partition coefficient (Wildman–Crippen LogP) is 9.52. The molecule has 4 rings (SSSR count). The van der Waals surface area contributed by atoms with Gasteiger partial charge in [-0.15, -0.1) is 0 Å². The maximum Gasteiger partial charge on any atom is 0.136 e. The highest BCUT2D eigenvalue weighted by atomic mass is 16.5. The minimum Gasteiger partial charge on any atom is -0.493 e. The van der Waals surface area contributed by atoms with E-state index >= 15 is 0 Å². The first kappa shape index (κ1) is 28.6. The molecule has 38 heavy (non-hydrogen) atoms. The molecule has 0 amide bonds. The Morgan fingerprint density at radius 3 is 1.87 bits per heavy atom. The molecule has 0 atom stereocenters. The van der Waals surface area contributed by atoms with Crippen LogP contribution in [0.5, 0.6) is 23.0 Å². The number of unbranched alkanes of at least 4 members (excludes halogenated alkanes) is 12. The fourth-order valence-corrected chi connectivity index (χ4v) is 6.03. The summed E-state index contributed by atoms with van der Waals surface area (Å²) in [6.45, 7) is 5.99. The maximum absolute atomic E-state index is 6.59. The van der Waals surface area contributed by atoms with Gasteiger partial charge < -0.3 is 19.9 Å². The second kappa shape index (κ2) is 15.3. The van der Waals surface area contributed by atoms with E-state index in [0.717, 1.165) is 67.4 Å². The Hall–Kier alpha value is -2.36. The third-order valence-corrected chi connectivity index (χ3v) is 8.28. The molecule has 210 valence electrons. The molecule has 0 spiro atoms. The Balaban J connectivity index is 1.37. The van der Waals surface area contributed by atoms with Crippen LogP contribution in [-0.2, 0) is 25.7 Å². The number of hydrogen-bond acceptors (Lipinski definition) is 4. The van der Waals surface area contributed by atoms with Gasteiger partial charge in [0.25, 0.3) is 0 Å². The Labute approximate surface area is 231 Å². The zero-order valence-electron chi connectivity index (χ0n) is 24.2. The lowest BCUT2D eigenvalue weighted by molar-refractivity contribution is 0.353. The van der Waals surface area contributed by atoms with E-state index < -0.39 is 0 Å². The normalized spacial score (nSPS) is 13.7. The number of fused-ring (bicyclic) bond motifs is 2. The number of nitrogen functional groups attached to an aromatic ring is 1. The van der Waals surface area contributed by atoms with Crippen molar-refractivity contribution in [2.45, 2.75) is 129 Å². The first-order valence-electron chi connectivity index (χ1n) is 15.7. The monoisotopic (exact) mass is 521 g/mol. The molecule has 2 heterocycles. The number of nitrogens with two attached hydrogens (primary N) is 1. The molecular weight excluding hydrogens is 470 g/mol. The van der Waals surface area contributed by atoms with Crippen molar-refractivity contribution >= 4 is 5.69 Å². The molecule has 0 saturated carbocycles. The second-order valence-corrected chi connectivity index (χ2v) is 11.3. The van der Waals surface area contributed by atoms with Gasteiger partial charge in [-0.3, -0.25) is 0 Å². The van der Waals surface area contributed by atoms with Crippen molar-refractivity contribution in [2.75, 3.05) is 18.9 Å². The predicted molar refractivity (Wildman–Crippen MR) is 159 cm³/mol. The van der Waals surface area contributed by atoms with Gasteiger partial charge in [-0.1, -0.05) is 97.0 Å². The van der Waals surface area contributed by atoms with Gasteiger partial charge in [0, 0.05) is 41.3 Å². The lowest BCUT2D eigenvalue weighted by Gasteiger charge is -2.17. The molecule has 0 radical (unpaired) electrons. The van der Waals surface area contributed by atoms with Crippen LogP contribution in [0, 0.1) is 0 Å². The molecule has 0 saturated heterocycles. The highest BCUT2D eigenvalue weighted by Crippen LogP contribution is 2.45. The summed E-state index contributed by atoms with van der Waals surface area (Å²) in [4.78, 5) is 0. The number of anilines is 1. The van der Waals surface area contributed by atoms with E-state index in [9.17, 15) is 0 Å². The van der Waals surface area contributed by atoms with Crippen LogP contribution in [0.15, 0.2) is 18.2 Å². The lowest BCUT2D eigenvalue weighted by Crippen LogP contribution is -2.01. The molecule has 2 aromatic carbocycles. The van der Waals surface area contributed by atoms with Gasteiger partial charge in [0.1, 0.15) is 23.0 Å². The zero-order valence-corrected chi connectivity index (χ0v) is 24.2. The highest BCUT2D eigenvalue weighted by molar-refractivity contribution is 5.66. The Morgan fingerprint density at radius 2 is 1.21 bits per heavy atom. The summed E-state index contributed by atoms with van der Waals surface area (Å²) in [5.41, 5.74) is 12.3. The molecule has 2 aliphatic rings. The van der Waals surface area contributed by atoms with Gasteiger partial charge >= 0.3 is 0 Å².